The van der Waals surface area contributed by atoms with E-state index in [9.17, 15) is 4.79 Å². The third-order valence-corrected chi connectivity index (χ3v) is 4.89. The van der Waals surface area contributed by atoms with E-state index in [0.717, 1.165) is 22.4 Å². The lowest BCUT2D eigenvalue weighted by molar-refractivity contribution is 0.0677. The second-order valence-corrected chi connectivity index (χ2v) is 6.61. The fraction of sp³-hybridized carbons (Fsp3) is 0.200. The first-order valence-electron chi connectivity index (χ1n) is 8.39. The number of carbonyl (C=O) groups is 1. The van der Waals surface area contributed by atoms with E-state index in [4.69, 9.17) is 16.3 Å². The van der Waals surface area contributed by atoms with Crippen LogP contribution in [0.3, 0.4) is 0 Å². The molecule has 6 heteroatoms. The molecule has 0 saturated heterocycles. The number of hydrogen-bond acceptors (Lipinski definition) is 3. The standard InChI is InChI=1S/C20H18ClN3O2/c1-26-12-11-24-19(14-5-3-2-4-6-14)16-17(22-23-18(16)20(24)25)13-7-9-15(21)10-8-13/h2-10,19H,11-12H2,1H3,(H,22,23). The normalized spacial score (nSPS) is 16.2. The van der Waals surface area contributed by atoms with Crippen LogP contribution in [0.4, 0.5) is 0 Å². The number of rotatable bonds is 5. The Labute approximate surface area is 156 Å². The maximum atomic E-state index is 13.0. The van der Waals surface area contributed by atoms with E-state index in [1.807, 2.05) is 59.5 Å². The Hall–Kier alpha value is -2.63. The van der Waals surface area contributed by atoms with E-state index in [1.54, 1.807) is 7.11 Å². The second-order valence-electron chi connectivity index (χ2n) is 6.17. The van der Waals surface area contributed by atoms with Gasteiger partial charge in [0.15, 0.2) is 0 Å². The third-order valence-electron chi connectivity index (χ3n) is 4.63. The van der Waals surface area contributed by atoms with Crippen LogP contribution < -0.4 is 0 Å². The Morgan fingerprint density at radius 1 is 1.15 bits per heavy atom. The van der Waals surface area contributed by atoms with Crippen LogP contribution in [0.1, 0.15) is 27.7 Å². The van der Waals surface area contributed by atoms with Crippen LogP contribution in [-0.4, -0.2) is 41.3 Å². The quantitative estimate of drug-likeness (QED) is 0.743. The lowest BCUT2D eigenvalue weighted by Crippen LogP contribution is -2.32. The molecule has 132 valence electrons. The molecule has 1 atom stereocenters. The summed E-state index contributed by atoms with van der Waals surface area (Å²) < 4.78 is 5.21. The molecule has 1 aliphatic heterocycles. The van der Waals surface area contributed by atoms with Gasteiger partial charge in [0.25, 0.3) is 5.91 Å². The smallest absolute Gasteiger partial charge is 0.273 e. The maximum Gasteiger partial charge on any atom is 0.273 e. The Bertz CT molecular complexity index is 922. The lowest BCUT2D eigenvalue weighted by atomic mass is 9.96. The molecule has 0 aliphatic carbocycles. The number of benzene rings is 2. The number of amides is 1. The molecule has 2 aromatic carbocycles. The lowest BCUT2D eigenvalue weighted by Gasteiger charge is -2.26. The number of hydrogen-bond donors (Lipinski definition) is 1. The van der Waals surface area contributed by atoms with Gasteiger partial charge in [-0.2, -0.15) is 5.10 Å². The summed E-state index contributed by atoms with van der Waals surface area (Å²) >= 11 is 6.01. The minimum atomic E-state index is -0.196. The average Bonchev–Trinajstić information content (AvgIpc) is 3.21. The van der Waals surface area contributed by atoms with E-state index in [-0.39, 0.29) is 11.9 Å². The van der Waals surface area contributed by atoms with Crippen molar-refractivity contribution in [2.75, 3.05) is 20.3 Å². The zero-order chi connectivity index (χ0) is 18.1. The highest BCUT2D eigenvalue weighted by Gasteiger charge is 2.41. The van der Waals surface area contributed by atoms with E-state index >= 15 is 0 Å². The van der Waals surface area contributed by atoms with Crippen LogP contribution in [0.5, 0.6) is 0 Å². The predicted octanol–water partition coefficient (Wildman–Crippen LogP) is 3.92. The third kappa shape index (κ3) is 2.79. The number of ether oxygens (including phenoxy) is 1. The monoisotopic (exact) mass is 367 g/mol. The van der Waals surface area contributed by atoms with Crippen molar-refractivity contribution >= 4 is 17.5 Å². The Morgan fingerprint density at radius 3 is 2.58 bits per heavy atom. The van der Waals surface area contributed by atoms with Crippen molar-refractivity contribution in [1.82, 2.24) is 15.1 Å². The van der Waals surface area contributed by atoms with Crippen molar-refractivity contribution in [2.24, 2.45) is 0 Å². The van der Waals surface area contributed by atoms with Crippen molar-refractivity contribution in [3.8, 4) is 11.3 Å². The number of methoxy groups -OCH3 is 1. The minimum absolute atomic E-state index is 0.0568. The highest BCUT2D eigenvalue weighted by molar-refractivity contribution is 6.30. The second kappa shape index (κ2) is 6.94. The van der Waals surface area contributed by atoms with Gasteiger partial charge in [0.2, 0.25) is 0 Å². The molecule has 1 aliphatic rings. The molecule has 0 radical (unpaired) electrons. The number of halogens is 1. The molecule has 1 aromatic heterocycles. The van der Waals surface area contributed by atoms with E-state index in [0.29, 0.717) is 23.9 Å². The van der Waals surface area contributed by atoms with E-state index in [2.05, 4.69) is 10.2 Å². The number of nitrogens with one attached hydrogen (secondary N) is 1. The summed E-state index contributed by atoms with van der Waals surface area (Å²) in [4.78, 5) is 14.8. The summed E-state index contributed by atoms with van der Waals surface area (Å²) in [6, 6.07) is 17.3. The Morgan fingerprint density at radius 2 is 1.88 bits per heavy atom. The van der Waals surface area contributed by atoms with Gasteiger partial charge in [-0.25, -0.2) is 0 Å². The molecule has 1 N–H and O–H groups in total. The zero-order valence-corrected chi connectivity index (χ0v) is 15.0. The molecular formula is C20H18ClN3O2. The summed E-state index contributed by atoms with van der Waals surface area (Å²) in [5, 5.41) is 8.04. The maximum absolute atomic E-state index is 13.0. The van der Waals surface area contributed by atoms with Gasteiger partial charge in [-0.15, -0.1) is 0 Å². The first-order valence-corrected chi connectivity index (χ1v) is 8.77. The fourth-order valence-electron chi connectivity index (χ4n) is 3.43. The molecule has 0 spiro atoms. The van der Waals surface area contributed by atoms with Gasteiger partial charge >= 0.3 is 0 Å². The summed E-state index contributed by atoms with van der Waals surface area (Å²) in [5.41, 5.74) is 4.19. The van der Waals surface area contributed by atoms with Crippen molar-refractivity contribution in [3.05, 3.63) is 76.4 Å². The summed E-state index contributed by atoms with van der Waals surface area (Å²) in [6.07, 6.45) is 0. The van der Waals surface area contributed by atoms with Gasteiger partial charge in [0.05, 0.1) is 18.3 Å². The van der Waals surface area contributed by atoms with Gasteiger partial charge in [-0.1, -0.05) is 54.1 Å². The largest absolute Gasteiger partial charge is 0.383 e. The topological polar surface area (TPSA) is 58.2 Å². The first-order chi connectivity index (χ1) is 12.7. The molecule has 4 rings (SSSR count). The molecule has 0 bridgehead atoms. The van der Waals surface area contributed by atoms with E-state index in [1.165, 1.54) is 0 Å². The first kappa shape index (κ1) is 16.8. The molecule has 2 heterocycles. The summed E-state index contributed by atoms with van der Waals surface area (Å²) in [5.74, 6) is -0.0568. The predicted molar refractivity (Wildman–Crippen MR) is 100 cm³/mol. The molecule has 1 unspecified atom stereocenters. The molecule has 5 nitrogen and oxygen atoms in total. The number of carbonyl (C=O) groups excluding carboxylic acids is 1. The van der Waals surface area contributed by atoms with Crippen molar-refractivity contribution in [3.63, 3.8) is 0 Å². The van der Waals surface area contributed by atoms with Crippen LogP contribution in [0.15, 0.2) is 54.6 Å². The van der Waals surface area contributed by atoms with Crippen LogP contribution in [0.25, 0.3) is 11.3 Å². The number of fused-ring (bicyclic) bond motifs is 1. The molecule has 1 amide bonds. The highest BCUT2D eigenvalue weighted by Crippen LogP contribution is 2.42. The summed E-state index contributed by atoms with van der Waals surface area (Å²) in [6.45, 7) is 0.987. The molecule has 26 heavy (non-hydrogen) atoms. The van der Waals surface area contributed by atoms with Crippen molar-refractivity contribution < 1.29 is 9.53 Å². The molecule has 0 saturated carbocycles. The van der Waals surface area contributed by atoms with E-state index < -0.39 is 0 Å². The van der Waals surface area contributed by atoms with Gasteiger partial charge < -0.3 is 9.64 Å². The molecular weight excluding hydrogens is 350 g/mol. The van der Waals surface area contributed by atoms with Gasteiger partial charge in [-0.3, -0.25) is 9.89 Å². The van der Waals surface area contributed by atoms with Crippen LogP contribution in [-0.2, 0) is 4.74 Å². The molecule has 0 fully saturated rings. The van der Waals surface area contributed by atoms with Crippen LogP contribution in [0, 0.1) is 0 Å². The highest BCUT2D eigenvalue weighted by atomic mass is 35.5. The van der Waals surface area contributed by atoms with Crippen LogP contribution >= 0.6 is 11.6 Å². The molecule has 3 aromatic rings. The zero-order valence-electron chi connectivity index (χ0n) is 14.3. The fourth-order valence-corrected chi connectivity index (χ4v) is 3.55. The number of H-pyrrole nitrogens is 1. The minimum Gasteiger partial charge on any atom is -0.383 e. The summed E-state index contributed by atoms with van der Waals surface area (Å²) in [7, 11) is 1.64. The van der Waals surface area contributed by atoms with Gasteiger partial charge in [-0.05, 0) is 17.7 Å². The average molecular weight is 368 g/mol. The Kier molecular flexibility index (Phi) is 4.49. The van der Waals surface area contributed by atoms with Crippen molar-refractivity contribution in [1.29, 1.82) is 0 Å². The SMILES string of the molecule is COCCN1C(=O)c2[nH]nc(-c3ccc(Cl)cc3)c2C1c1ccccc1. The van der Waals surface area contributed by atoms with Crippen molar-refractivity contribution in [2.45, 2.75) is 6.04 Å². The number of nitrogens with zero attached hydrogens (tertiary/aromatic N) is 2. The number of aromatic amines is 1. The number of aromatic nitrogens is 2. The van der Waals surface area contributed by atoms with Gasteiger partial charge in [0, 0.05) is 29.8 Å². The van der Waals surface area contributed by atoms with Gasteiger partial charge in [0.1, 0.15) is 5.69 Å². The van der Waals surface area contributed by atoms with Crippen LogP contribution in [0.2, 0.25) is 5.02 Å². The Balaban J connectivity index is 1.85.